The van der Waals surface area contributed by atoms with Crippen molar-refractivity contribution in [3.8, 4) is 5.75 Å². The molecule has 0 fully saturated rings. The number of quaternary nitrogens is 1. The fraction of sp³-hybridized carbons (Fsp3) is 0.286. The van der Waals surface area contributed by atoms with Crippen molar-refractivity contribution >= 4 is 27.5 Å². The van der Waals surface area contributed by atoms with Crippen molar-refractivity contribution in [1.82, 2.24) is 0 Å². The summed E-state index contributed by atoms with van der Waals surface area (Å²) in [6.07, 6.45) is 4.53. The number of fused-ring (bicyclic) bond motifs is 2. The van der Waals surface area contributed by atoms with Crippen LogP contribution in [-0.2, 0) is 0 Å². The van der Waals surface area contributed by atoms with E-state index in [4.69, 9.17) is 4.74 Å². The first-order valence-electron chi connectivity index (χ1n) is 8.81. The van der Waals surface area contributed by atoms with Crippen LogP contribution in [0.4, 0.5) is 0 Å². The maximum absolute atomic E-state index is 11.8. The van der Waals surface area contributed by atoms with Gasteiger partial charge < -0.3 is 15.6 Å². The van der Waals surface area contributed by atoms with Crippen molar-refractivity contribution < 1.29 is 20.4 Å². The zero-order valence-electron chi connectivity index (χ0n) is 14.3. The van der Waals surface area contributed by atoms with Crippen LogP contribution in [0.2, 0.25) is 0 Å². The number of carbonyl (C=O) groups is 1. The van der Waals surface area contributed by atoms with Crippen LogP contribution in [0.3, 0.4) is 0 Å². The first-order valence-corrected chi connectivity index (χ1v) is 8.81. The Morgan fingerprint density at radius 3 is 2.48 bits per heavy atom. The number of carboxylic acid groups (broad SMARTS) is 1. The molecule has 3 rings (SSSR count). The lowest BCUT2D eigenvalue weighted by Gasteiger charge is -2.11. The number of rotatable bonds is 8. The molecule has 3 aromatic carbocycles. The third kappa shape index (κ3) is 3.91. The van der Waals surface area contributed by atoms with Gasteiger partial charge in [-0.05, 0) is 71.5 Å². The minimum absolute atomic E-state index is 0.354. The lowest BCUT2D eigenvalue weighted by atomic mass is 9.97. The first-order chi connectivity index (χ1) is 12.2. The minimum atomic E-state index is -0.902. The Bertz CT molecular complexity index is 889. The van der Waals surface area contributed by atoms with E-state index in [0.29, 0.717) is 12.2 Å². The van der Waals surface area contributed by atoms with E-state index in [-0.39, 0.29) is 0 Å². The molecular weight excluding hydrogens is 314 g/mol. The average molecular weight is 338 g/mol. The summed E-state index contributed by atoms with van der Waals surface area (Å²) >= 11 is 0. The number of carboxylic acids is 1. The Hall–Kier alpha value is -2.59. The molecule has 4 nitrogen and oxygen atoms in total. The van der Waals surface area contributed by atoms with Gasteiger partial charge in [-0.25, -0.2) is 4.79 Å². The molecule has 4 heteroatoms. The fourth-order valence-electron chi connectivity index (χ4n) is 3.19. The highest BCUT2D eigenvalue weighted by Gasteiger charge is 2.14. The molecule has 0 heterocycles. The fourth-order valence-corrected chi connectivity index (χ4v) is 3.19. The van der Waals surface area contributed by atoms with Gasteiger partial charge in [0.1, 0.15) is 5.75 Å². The van der Waals surface area contributed by atoms with Crippen LogP contribution in [0, 0.1) is 0 Å². The highest BCUT2D eigenvalue weighted by Crippen LogP contribution is 2.31. The predicted molar refractivity (Wildman–Crippen MR) is 100 cm³/mol. The number of benzene rings is 3. The molecule has 0 aliphatic carbocycles. The summed E-state index contributed by atoms with van der Waals surface area (Å²) in [4.78, 5) is 11.8. The van der Waals surface area contributed by atoms with Crippen LogP contribution in [0.1, 0.15) is 36.0 Å². The van der Waals surface area contributed by atoms with Gasteiger partial charge in [0.05, 0.1) is 18.7 Å². The quantitative estimate of drug-likeness (QED) is 0.483. The van der Waals surface area contributed by atoms with E-state index in [1.165, 1.54) is 12.8 Å². The molecule has 0 aliphatic rings. The van der Waals surface area contributed by atoms with Gasteiger partial charge >= 0.3 is 5.97 Å². The highest BCUT2D eigenvalue weighted by molar-refractivity contribution is 6.16. The standard InChI is InChI=1S/C21H23NO3/c22-11-5-1-2-6-12-25-17-9-10-19-16(14-17)13-15-7-3-4-8-18(15)20(19)21(23)24/h3-4,7-10,13-14H,1-2,5-6,11-12,22H2,(H,23,24)/p+1. The molecule has 4 N–H and O–H groups in total. The minimum Gasteiger partial charge on any atom is -0.494 e. The van der Waals surface area contributed by atoms with Gasteiger partial charge in [0.25, 0.3) is 0 Å². The summed E-state index contributed by atoms with van der Waals surface area (Å²) in [5.41, 5.74) is 4.20. The van der Waals surface area contributed by atoms with E-state index in [2.05, 4.69) is 5.73 Å². The lowest BCUT2D eigenvalue weighted by Crippen LogP contribution is -2.50. The van der Waals surface area contributed by atoms with E-state index in [9.17, 15) is 9.90 Å². The molecule has 3 aromatic rings. The zero-order chi connectivity index (χ0) is 17.6. The third-order valence-corrected chi connectivity index (χ3v) is 4.46. The molecule has 0 aliphatic heterocycles. The Kier molecular flexibility index (Phi) is 5.51. The van der Waals surface area contributed by atoms with Crippen LogP contribution in [-0.4, -0.2) is 24.2 Å². The van der Waals surface area contributed by atoms with Gasteiger partial charge in [0, 0.05) is 0 Å². The molecule has 130 valence electrons. The Morgan fingerprint density at radius 1 is 0.920 bits per heavy atom. The molecule has 0 unspecified atom stereocenters. The molecule has 0 saturated carbocycles. The van der Waals surface area contributed by atoms with Gasteiger partial charge in [-0.15, -0.1) is 0 Å². The number of unbranched alkanes of at least 4 members (excludes halogenated alkanes) is 3. The van der Waals surface area contributed by atoms with Gasteiger partial charge in [-0.2, -0.15) is 0 Å². The molecule has 0 atom stereocenters. The molecule has 0 spiro atoms. The Balaban J connectivity index is 1.85. The lowest BCUT2D eigenvalue weighted by molar-refractivity contribution is -0.368. The zero-order valence-corrected chi connectivity index (χ0v) is 14.3. The molecule has 0 radical (unpaired) electrons. The SMILES string of the molecule is [NH3+]CCCCCCOc1ccc2c(C(=O)O)c3ccccc3cc2c1. The average Bonchev–Trinajstić information content (AvgIpc) is 2.62. The topological polar surface area (TPSA) is 74.2 Å². The number of aromatic carboxylic acids is 1. The van der Waals surface area contributed by atoms with Crippen molar-refractivity contribution in [3.05, 3.63) is 54.1 Å². The van der Waals surface area contributed by atoms with E-state index in [0.717, 1.165) is 46.7 Å². The summed E-state index contributed by atoms with van der Waals surface area (Å²) in [7, 11) is 0. The number of hydrogen-bond acceptors (Lipinski definition) is 2. The second-order valence-electron chi connectivity index (χ2n) is 6.28. The smallest absolute Gasteiger partial charge is 0.336 e. The normalized spacial score (nSPS) is 11.1. The van der Waals surface area contributed by atoms with E-state index >= 15 is 0 Å². The van der Waals surface area contributed by atoms with Crippen LogP contribution < -0.4 is 10.5 Å². The van der Waals surface area contributed by atoms with Gasteiger partial charge in [-0.1, -0.05) is 24.3 Å². The number of hydrogen-bond donors (Lipinski definition) is 2. The monoisotopic (exact) mass is 338 g/mol. The largest absolute Gasteiger partial charge is 0.494 e. The summed E-state index contributed by atoms with van der Waals surface area (Å²) in [5.74, 6) is -0.114. The summed E-state index contributed by atoms with van der Waals surface area (Å²) in [6.45, 7) is 1.67. The van der Waals surface area contributed by atoms with E-state index < -0.39 is 5.97 Å². The summed E-state index contributed by atoms with van der Waals surface area (Å²) < 4.78 is 5.84. The molecule has 0 aromatic heterocycles. The second-order valence-corrected chi connectivity index (χ2v) is 6.28. The third-order valence-electron chi connectivity index (χ3n) is 4.46. The van der Waals surface area contributed by atoms with Crippen LogP contribution in [0.5, 0.6) is 5.75 Å². The molecular formula is C21H24NO3+. The molecule has 0 bridgehead atoms. The van der Waals surface area contributed by atoms with Crippen molar-refractivity contribution in [3.63, 3.8) is 0 Å². The van der Waals surface area contributed by atoms with Gasteiger partial charge in [-0.3, -0.25) is 0 Å². The van der Waals surface area contributed by atoms with Gasteiger partial charge in [0.15, 0.2) is 0 Å². The highest BCUT2D eigenvalue weighted by atomic mass is 16.5. The number of ether oxygens (including phenoxy) is 1. The summed E-state index contributed by atoms with van der Waals surface area (Å²) in [6, 6.07) is 15.3. The molecule has 0 amide bonds. The van der Waals surface area contributed by atoms with Crippen LogP contribution in [0.15, 0.2) is 48.5 Å². The Labute approximate surface area is 147 Å². The van der Waals surface area contributed by atoms with E-state index in [1.807, 2.05) is 48.5 Å². The maximum atomic E-state index is 11.8. The van der Waals surface area contributed by atoms with Gasteiger partial charge in [0.2, 0.25) is 0 Å². The van der Waals surface area contributed by atoms with Crippen molar-refractivity contribution in [2.45, 2.75) is 25.7 Å². The predicted octanol–water partition coefficient (Wildman–Crippen LogP) is 3.87. The molecule has 0 saturated heterocycles. The van der Waals surface area contributed by atoms with Crippen LogP contribution in [0.25, 0.3) is 21.5 Å². The van der Waals surface area contributed by atoms with Crippen molar-refractivity contribution in [2.24, 2.45) is 0 Å². The Morgan fingerprint density at radius 2 is 1.68 bits per heavy atom. The van der Waals surface area contributed by atoms with Crippen molar-refractivity contribution in [2.75, 3.05) is 13.2 Å². The summed E-state index contributed by atoms with van der Waals surface area (Å²) in [5, 5.41) is 13.0. The maximum Gasteiger partial charge on any atom is 0.336 e. The van der Waals surface area contributed by atoms with Crippen LogP contribution >= 0.6 is 0 Å². The van der Waals surface area contributed by atoms with E-state index in [1.54, 1.807) is 0 Å². The second kappa shape index (κ2) is 7.99. The van der Waals surface area contributed by atoms with Crippen molar-refractivity contribution in [1.29, 1.82) is 0 Å². The molecule has 25 heavy (non-hydrogen) atoms. The first kappa shape index (κ1) is 17.2.